The molecule has 100 valence electrons. The molecule has 0 unspecified atom stereocenters. The van der Waals surface area contributed by atoms with Crippen LogP contribution < -0.4 is 10.1 Å². The van der Waals surface area contributed by atoms with Crippen LogP contribution in [0.5, 0.6) is 5.75 Å². The summed E-state index contributed by atoms with van der Waals surface area (Å²) in [5.41, 5.74) is 3.73. The van der Waals surface area contributed by atoms with Gasteiger partial charge in [0.05, 0.1) is 0 Å². The van der Waals surface area contributed by atoms with E-state index in [9.17, 15) is 0 Å². The maximum atomic E-state index is 5.66. The first kappa shape index (κ1) is 15.5. The van der Waals surface area contributed by atoms with Gasteiger partial charge in [-0.3, -0.25) is 0 Å². The van der Waals surface area contributed by atoms with E-state index in [0.717, 1.165) is 22.3 Å². The molecule has 0 amide bonds. The van der Waals surface area contributed by atoms with Crippen molar-refractivity contribution in [2.45, 2.75) is 33.4 Å². The lowest BCUT2D eigenvalue weighted by Gasteiger charge is -2.12. The Kier molecular flexibility index (Phi) is 6.76. The average Bonchev–Trinajstić information content (AvgIpc) is 2.35. The minimum atomic E-state index is 0.461. The second-order valence-corrected chi connectivity index (χ2v) is 5.61. The topological polar surface area (TPSA) is 21.3 Å². The number of rotatable bonds is 6. The molecule has 0 saturated heterocycles. The number of nitrogens with one attached hydrogen (secondary N) is 1. The summed E-state index contributed by atoms with van der Waals surface area (Å²) < 4.78 is 6.75. The third-order valence-electron chi connectivity index (χ3n) is 2.37. The molecular weight excluding hydrogens is 314 g/mol. The first-order valence-corrected chi connectivity index (χ1v) is 7.16. The molecule has 0 heterocycles. The fourth-order valence-corrected chi connectivity index (χ4v) is 1.77. The lowest BCUT2D eigenvalue weighted by molar-refractivity contribution is 0.352. The molecule has 0 saturated carbocycles. The highest BCUT2D eigenvalue weighted by atomic mass is 79.9. The smallest absolute Gasteiger partial charge is 0.120 e. The quantitative estimate of drug-likeness (QED) is 0.830. The summed E-state index contributed by atoms with van der Waals surface area (Å²) in [6, 6.07) is 6.46. The van der Waals surface area contributed by atoms with Gasteiger partial charge in [0.1, 0.15) is 12.4 Å². The van der Waals surface area contributed by atoms with Crippen molar-refractivity contribution in [3.63, 3.8) is 0 Å². The van der Waals surface area contributed by atoms with Gasteiger partial charge in [-0.15, -0.1) is 0 Å². The Labute approximate surface area is 122 Å². The summed E-state index contributed by atoms with van der Waals surface area (Å²) in [6.45, 7) is 7.53. The maximum Gasteiger partial charge on any atom is 0.120 e. The highest BCUT2D eigenvalue weighted by Gasteiger charge is 2.04. The Morgan fingerprint density at radius 1 is 1.50 bits per heavy atom. The van der Waals surface area contributed by atoms with Gasteiger partial charge in [0, 0.05) is 22.6 Å². The molecule has 1 aromatic carbocycles. The van der Waals surface area contributed by atoms with E-state index in [2.05, 4.69) is 35.1 Å². The van der Waals surface area contributed by atoms with Gasteiger partial charge in [0.25, 0.3) is 0 Å². The summed E-state index contributed by atoms with van der Waals surface area (Å²) in [5, 5.41) is 3.39. The third kappa shape index (κ3) is 5.42. The molecule has 1 rings (SSSR count). The summed E-state index contributed by atoms with van der Waals surface area (Å²) in [4.78, 5) is 0. The fraction of sp³-hybridized carbons (Fsp3) is 0.429. The van der Waals surface area contributed by atoms with Crippen molar-refractivity contribution in [1.82, 2.24) is 5.32 Å². The van der Waals surface area contributed by atoms with Gasteiger partial charge in [-0.05, 0) is 36.3 Å². The predicted molar refractivity (Wildman–Crippen MR) is 81.2 cm³/mol. The van der Waals surface area contributed by atoms with E-state index in [1.54, 1.807) is 5.54 Å². The zero-order chi connectivity index (χ0) is 13.5. The van der Waals surface area contributed by atoms with Crippen LogP contribution in [-0.2, 0) is 6.54 Å². The van der Waals surface area contributed by atoms with E-state index in [1.165, 1.54) is 5.56 Å². The molecule has 0 aliphatic heterocycles. The van der Waals surface area contributed by atoms with Gasteiger partial charge < -0.3 is 10.1 Å². The zero-order valence-corrected chi connectivity index (χ0v) is 13.3. The van der Waals surface area contributed by atoms with Crippen LogP contribution in [0.2, 0.25) is 0 Å². The number of halogens is 2. The normalized spacial score (nSPS) is 12.0. The van der Waals surface area contributed by atoms with Gasteiger partial charge >= 0.3 is 0 Å². The van der Waals surface area contributed by atoms with Crippen LogP contribution in [0.15, 0.2) is 33.8 Å². The molecule has 0 radical (unpaired) electrons. The highest BCUT2D eigenvalue weighted by molar-refractivity contribution is 9.10. The van der Waals surface area contributed by atoms with E-state index in [-0.39, 0.29) is 0 Å². The highest BCUT2D eigenvalue weighted by Crippen LogP contribution is 2.23. The van der Waals surface area contributed by atoms with Gasteiger partial charge in [-0.2, -0.15) is 0 Å². The molecule has 1 aromatic rings. The average molecular weight is 333 g/mol. The monoisotopic (exact) mass is 331 g/mol. The van der Waals surface area contributed by atoms with Crippen molar-refractivity contribution < 1.29 is 4.74 Å². The molecule has 0 bridgehead atoms. The van der Waals surface area contributed by atoms with Crippen molar-refractivity contribution in [2.75, 3.05) is 6.61 Å². The summed E-state index contributed by atoms with van der Waals surface area (Å²) in [7, 11) is 0. The fourth-order valence-electron chi connectivity index (χ4n) is 1.32. The molecular formula is C14H19BrClNO. The summed E-state index contributed by atoms with van der Waals surface area (Å²) >= 11 is 9.15. The molecule has 0 atom stereocenters. The molecule has 0 aliphatic rings. The van der Waals surface area contributed by atoms with E-state index in [1.807, 2.05) is 25.1 Å². The maximum absolute atomic E-state index is 5.66. The van der Waals surface area contributed by atoms with Crippen LogP contribution in [0.4, 0.5) is 0 Å². The zero-order valence-electron chi connectivity index (χ0n) is 11.0. The second kappa shape index (κ2) is 7.82. The molecule has 0 spiro atoms. The lowest BCUT2D eigenvalue weighted by Crippen LogP contribution is -2.22. The molecule has 0 fully saturated rings. The summed E-state index contributed by atoms with van der Waals surface area (Å²) in [5.74, 6) is 0.858. The SMILES string of the molecule is C/C(=C\Cl)COc1ccc(Br)c(CNC(C)C)c1. The van der Waals surface area contributed by atoms with Crippen molar-refractivity contribution in [3.8, 4) is 5.75 Å². The summed E-state index contributed by atoms with van der Waals surface area (Å²) in [6.07, 6.45) is 0. The number of hydrogen-bond acceptors (Lipinski definition) is 2. The van der Waals surface area contributed by atoms with E-state index < -0.39 is 0 Å². The molecule has 4 heteroatoms. The van der Waals surface area contributed by atoms with Crippen LogP contribution >= 0.6 is 27.5 Å². The Morgan fingerprint density at radius 2 is 2.22 bits per heavy atom. The Bertz CT molecular complexity index is 418. The van der Waals surface area contributed by atoms with Crippen molar-refractivity contribution in [2.24, 2.45) is 0 Å². The van der Waals surface area contributed by atoms with Gasteiger partial charge in [-0.1, -0.05) is 41.4 Å². The van der Waals surface area contributed by atoms with E-state index in [0.29, 0.717) is 12.6 Å². The van der Waals surface area contributed by atoms with Crippen LogP contribution in [0.1, 0.15) is 26.3 Å². The minimum Gasteiger partial charge on any atom is -0.489 e. The molecule has 18 heavy (non-hydrogen) atoms. The molecule has 0 aliphatic carbocycles. The first-order chi connectivity index (χ1) is 8.52. The minimum absolute atomic E-state index is 0.461. The van der Waals surface area contributed by atoms with Crippen LogP contribution in [-0.4, -0.2) is 12.6 Å². The van der Waals surface area contributed by atoms with Crippen molar-refractivity contribution >= 4 is 27.5 Å². The second-order valence-electron chi connectivity index (χ2n) is 4.53. The van der Waals surface area contributed by atoms with E-state index in [4.69, 9.17) is 16.3 Å². The molecule has 0 aromatic heterocycles. The Hall–Kier alpha value is -0.510. The number of hydrogen-bond donors (Lipinski definition) is 1. The first-order valence-electron chi connectivity index (χ1n) is 5.93. The Balaban J connectivity index is 2.68. The van der Waals surface area contributed by atoms with Crippen LogP contribution in [0.3, 0.4) is 0 Å². The largest absolute Gasteiger partial charge is 0.489 e. The van der Waals surface area contributed by atoms with E-state index >= 15 is 0 Å². The van der Waals surface area contributed by atoms with Crippen LogP contribution in [0, 0.1) is 0 Å². The predicted octanol–water partition coefficient (Wildman–Crippen LogP) is 4.47. The number of ether oxygens (including phenoxy) is 1. The number of benzene rings is 1. The van der Waals surface area contributed by atoms with Gasteiger partial charge in [0.2, 0.25) is 0 Å². The van der Waals surface area contributed by atoms with Crippen LogP contribution in [0.25, 0.3) is 0 Å². The van der Waals surface area contributed by atoms with Gasteiger partial charge in [0.15, 0.2) is 0 Å². The Morgan fingerprint density at radius 3 is 2.83 bits per heavy atom. The molecule has 1 N–H and O–H groups in total. The van der Waals surface area contributed by atoms with Crippen molar-refractivity contribution in [3.05, 3.63) is 39.3 Å². The third-order valence-corrected chi connectivity index (χ3v) is 3.52. The lowest BCUT2D eigenvalue weighted by atomic mass is 10.2. The van der Waals surface area contributed by atoms with Gasteiger partial charge in [-0.25, -0.2) is 0 Å². The van der Waals surface area contributed by atoms with Crippen molar-refractivity contribution in [1.29, 1.82) is 0 Å². The molecule has 2 nitrogen and oxygen atoms in total. The standard InChI is InChI=1S/C14H19BrClNO/c1-10(2)17-8-12-6-13(4-5-14(12)15)18-9-11(3)7-16/h4-7,10,17H,8-9H2,1-3H3/b11-7+.